The Morgan fingerprint density at radius 1 is 1.23 bits per heavy atom. The van der Waals surface area contributed by atoms with Crippen molar-refractivity contribution in [1.29, 1.82) is 0 Å². The Labute approximate surface area is 159 Å². The monoisotopic (exact) mass is 379 g/mol. The molecule has 0 radical (unpaired) electrons. The molecule has 1 amide bonds. The highest BCUT2D eigenvalue weighted by Crippen LogP contribution is 2.28. The Hall–Kier alpha value is -2.21. The van der Waals surface area contributed by atoms with Crippen LogP contribution in [0, 0.1) is 13.8 Å². The number of aromatic nitrogens is 2. The van der Waals surface area contributed by atoms with E-state index in [4.69, 9.17) is 21.1 Å². The predicted molar refractivity (Wildman–Crippen MR) is 102 cm³/mol. The van der Waals surface area contributed by atoms with Gasteiger partial charge in [0, 0.05) is 6.54 Å². The highest BCUT2D eigenvalue weighted by Gasteiger charge is 2.20. The minimum Gasteiger partial charge on any atom is -0.490 e. The molecule has 0 aliphatic heterocycles. The smallest absolute Gasteiger partial charge is 0.244 e. The third kappa shape index (κ3) is 4.49. The number of nitrogens with one attached hydrogen (secondary N) is 1. The van der Waals surface area contributed by atoms with Crippen molar-refractivity contribution in [3.63, 3.8) is 0 Å². The first-order valence-electron chi connectivity index (χ1n) is 8.76. The van der Waals surface area contributed by atoms with E-state index < -0.39 is 6.04 Å². The Morgan fingerprint density at radius 3 is 2.46 bits per heavy atom. The zero-order chi connectivity index (χ0) is 19.3. The number of rotatable bonds is 8. The minimum atomic E-state index is -0.449. The lowest BCUT2D eigenvalue weighted by atomic mass is 10.2. The van der Waals surface area contributed by atoms with Crippen molar-refractivity contribution >= 4 is 17.5 Å². The highest BCUT2D eigenvalue weighted by atomic mass is 35.5. The summed E-state index contributed by atoms with van der Waals surface area (Å²) in [6.45, 7) is 10.8. The van der Waals surface area contributed by atoms with E-state index in [0.29, 0.717) is 36.3 Å². The minimum absolute atomic E-state index is 0.126. The first-order chi connectivity index (χ1) is 12.4. The summed E-state index contributed by atoms with van der Waals surface area (Å²) in [6.07, 6.45) is 0. The van der Waals surface area contributed by atoms with Gasteiger partial charge in [-0.2, -0.15) is 5.10 Å². The van der Waals surface area contributed by atoms with Gasteiger partial charge in [-0.25, -0.2) is 0 Å². The van der Waals surface area contributed by atoms with Crippen molar-refractivity contribution in [2.75, 3.05) is 13.2 Å². The van der Waals surface area contributed by atoms with E-state index in [1.165, 1.54) is 0 Å². The molecule has 0 bridgehead atoms. The number of carbonyl (C=O) groups is 1. The number of halogens is 1. The number of amides is 1. The van der Waals surface area contributed by atoms with Crippen LogP contribution in [0.25, 0.3) is 0 Å². The Bertz CT molecular complexity index is 774. The third-order valence-electron chi connectivity index (χ3n) is 4.06. The molecule has 142 valence electrons. The van der Waals surface area contributed by atoms with Crippen molar-refractivity contribution in [2.45, 2.75) is 47.2 Å². The fourth-order valence-electron chi connectivity index (χ4n) is 2.67. The number of nitrogens with zero attached hydrogens (tertiary/aromatic N) is 2. The molecule has 2 aromatic rings. The van der Waals surface area contributed by atoms with Crippen LogP contribution in [0.15, 0.2) is 18.2 Å². The summed E-state index contributed by atoms with van der Waals surface area (Å²) in [6, 6.07) is 5.22. The molecule has 1 unspecified atom stereocenters. The number of hydrogen-bond donors (Lipinski definition) is 1. The summed E-state index contributed by atoms with van der Waals surface area (Å²) in [5.74, 6) is 1.26. The average molecular weight is 380 g/mol. The molecule has 2 rings (SSSR count). The quantitative estimate of drug-likeness (QED) is 0.757. The maximum Gasteiger partial charge on any atom is 0.244 e. The molecular formula is C19H26ClN3O3. The van der Waals surface area contributed by atoms with Gasteiger partial charge < -0.3 is 14.8 Å². The molecule has 1 aromatic heterocycles. The molecule has 6 nitrogen and oxygen atoms in total. The van der Waals surface area contributed by atoms with Crippen molar-refractivity contribution in [2.24, 2.45) is 0 Å². The number of benzene rings is 1. The molecule has 0 saturated carbocycles. The molecule has 26 heavy (non-hydrogen) atoms. The van der Waals surface area contributed by atoms with Crippen molar-refractivity contribution in [1.82, 2.24) is 15.1 Å². The molecule has 1 N–H and O–H groups in total. The van der Waals surface area contributed by atoms with Crippen LogP contribution in [0.2, 0.25) is 5.02 Å². The molecule has 0 fully saturated rings. The summed E-state index contributed by atoms with van der Waals surface area (Å²) < 4.78 is 12.8. The summed E-state index contributed by atoms with van der Waals surface area (Å²) in [5, 5.41) is 7.87. The van der Waals surface area contributed by atoms with E-state index in [9.17, 15) is 4.79 Å². The fraction of sp³-hybridized carbons (Fsp3) is 0.474. The molecule has 1 heterocycles. The Balaban J connectivity index is 2.06. The van der Waals surface area contributed by atoms with E-state index in [0.717, 1.165) is 17.0 Å². The molecule has 1 aromatic carbocycles. The van der Waals surface area contributed by atoms with Gasteiger partial charge in [-0.15, -0.1) is 0 Å². The lowest BCUT2D eigenvalue weighted by Crippen LogP contribution is -2.31. The summed E-state index contributed by atoms with van der Waals surface area (Å²) in [4.78, 5) is 12.5. The molecule has 1 atom stereocenters. The van der Waals surface area contributed by atoms with Gasteiger partial charge >= 0.3 is 0 Å². The fourth-order valence-corrected chi connectivity index (χ4v) is 2.80. The summed E-state index contributed by atoms with van der Waals surface area (Å²) in [7, 11) is 0. The van der Waals surface area contributed by atoms with Gasteiger partial charge in [0.2, 0.25) is 5.91 Å². The van der Waals surface area contributed by atoms with Crippen molar-refractivity contribution in [3.05, 3.63) is 40.2 Å². The van der Waals surface area contributed by atoms with Gasteiger partial charge in [0.25, 0.3) is 0 Å². The van der Waals surface area contributed by atoms with Gasteiger partial charge in [-0.1, -0.05) is 17.7 Å². The molecule has 7 heteroatoms. The lowest BCUT2D eigenvalue weighted by molar-refractivity contribution is -0.124. The van der Waals surface area contributed by atoms with E-state index in [2.05, 4.69) is 10.4 Å². The number of aryl methyl sites for hydroxylation is 1. The van der Waals surface area contributed by atoms with Gasteiger partial charge in [0.1, 0.15) is 6.04 Å². The number of ether oxygens (including phenoxy) is 2. The van der Waals surface area contributed by atoms with Crippen LogP contribution in [0.1, 0.15) is 43.8 Å². The first kappa shape index (κ1) is 20.1. The SMILES string of the molecule is CCOc1ccc(CNC(=O)C(C)n2nc(C)c(Cl)c2C)cc1OCC. The van der Waals surface area contributed by atoms with E-state index in [1.807, 2.05) is 45.9 Å². The van der Waals surface area contributed by atoms with Gasteiger partial charge in [-0.3, -0.25) is 9.48 Å². The van der Waals surface area contributed by atoms with Gasteiger partial charge in [-0.05, 0) is 52.3 Å². The zero-order valence-corrected chi connectivity index (χ0v) is 16.7. The molecule has 0 aliphatic carbocycles. The first-order valence-corrected chi connectivity index (χ1v) is 9.14. The Kier molecular flexibility index (Phi) is 6.91. The molecular weight excluding hydrogens is 354 g/mol. The van der Waals surface area contributed by atoms with E-state index in [-0.39, 0.29) is 5.91 Å². The average Bonchev–Trinajstić information content (AvgIpc) is 2.88. The van der Waals surface area contributed by atoms with E-state index >= 15 is 0 Å². The summed E-state index contributed by atoms with van der Waals surface area (Å²) >= 11 is 6.17. The third-order valence-corrected chi connectivity index (χ3v) is 4.60. The van der Waals surface area contributed by atoms with Crippen LogP contribution in [0.4, 0.5) is 0 Å². The van der Waals surface area contributed by atoms with Crippen LogP contribution in [0.5, 0.6) is 11.5 Å². The predicted octanol–water partition coefficient (Wildman–Crippen LogP) is 3.83. The van der Waals surface area contributed by atoms with Crippen LogP contribution in [-0.2, 0) is 11.3 Å². The largest absolute Gasteiger partial charge is 0.490 e. The lowest BCUT2D eigenvalue weighted by Gasteiger charge is -2.16. The number of carbonyl (C=O) groups excluding carboxylic acids is 1. The van der Waals surface area contributed by atoms with Crippen molar-refractivity contribution in [3.8, 4) is 11.5 Å². The van der Waals surface area contributed by atoms with Crippen LogP contribution in [0.3, 0.4) is 0 Å². The molecule has 0 saturated heterocycles. The topological polar surface area (TPSA) is 65.4 Å². The Morgan fingerprint density at radius 2 is 1.88 bits per heavy atom. The van der Waals surface area contributed by atoms with Crippen LogP contribution >= 0.6 is 11.6 Å². The normalized spacial score (nSPS) is 11.9. The second kappa shape index (κ2) is 8.94. The standard InChI is InChI=1S/C19H26ClN3O3/c1-6-25-16-9-8-15(10-17(16)26-7-2)11-21-19(24)14(5)23-13(4)18(20)12(3)22-23/h8-10,14H,6-7,11H2,1-5H3,(H,21,24). The highest BCUT2D eigenvalue weighted by molar-refractivity contribution is 6.31. The maximum atomic E-state index is 12.5. The second-order valence-corrected chi connectivity index (χ2v) is 6.35. The molecule has 0 spiro atoms. The molecule has 0 aliphatic rings. The second-order valence-electron chi connectivity index (χ2n) is 5.97. The van der Waals surface area contributed by atoms with Crippen molar-refractivity contribution < 1.29 is 14.3 Å². The van der Waals surface area contributed by atoms with E-state index in [1.54, 1.807) is 11.6 Å². The van der Waals surface area contributed by atoms with Crippen LogP contribution < -0.4 is 14.8 Å². The maximum absolute atomic E-state index is 12.5. The van der Waals surface area contributed by atoms with Gasteiger partial charge in [0.15, 0.2) is 11.5 Å². The van der Waals surface area contributed by atoms with Gasteiger partial charge in [0.05, 0.1) is 29.6 Å². The van der Waals surface area contributed by atoms with Crippen LogP contribution in [-0.4, -0.2) is 28.9 Å². The zero-order valence-electron chi connectivity index (χ0n) is 15.9. The number of hydrogen-bond acceptors (Lipinski definition) is 4. The summed E-state index contributed by atoms with van der Waals surface area (Å²) in [5.41, 5.74) is 2.44.